The van der Waals surface area contributed by atoms with Crippen LogP contribution in [0.2, 0.25) is 0 Å². The molecule has 5 nitrogen and oxygen atoms in total. The fourth-order valence-electron chi connectivity index (χ4n) is 3.71. The van der Waals surface area contributed by atoms with Crippen molar-refractivity contribution in [3.05, 3.63) is 66.2 Å². The van der Waals surface area contributed by atoms with Gasteiger partial charge >= 0.3 is 0 Å². The minimum atomic E-state index is -0.335. The number of aryl methyl sites for hydroxylation is 1. The lowest BCUT2D eigenvalue weighted by molar-refractivity contribution is 0.0829. The van der Waals surface area contributed by atoms with Gasteiger partial charge in [0, 0.05) is 31.7 Å². The van der Waals surface area contributed by atoms with Gasteiger partial charge in [0.25, 0.3) is 0 Å². The average Bonchev–Trinajstić information content (AvgIpc) is 3.08. The van der Waals surface area contributed by atoms with Crippen LogP contribution in [0.5, 0.6) is 11.6 Å². The van der Waals surface area contributed by atoms with Gasteiger partial charge in [-0.2, -0.15) is 5.10 Å². The first kappa shape index (κ1) is 23.0. The van der Waals surface area contributed by atoms with Gasteiger partial charge in [0.05, 0.1) is 11.7 Å². The van der Waals surface area contributed by atoms with Gasteiger partial charge in [0.2, 0.25) is 5.88 Å². The summed E-state index contributed by atoms with van der Waals surface area (Å²) in [4.78, 5) is 2.31. The van der Waals surface area contributed by atoms with E-state index < -0.39 is 0 Å². The molecule has 5 heteroatoms. The third kappa shape index (κ3) is 6.18. The first-order valence-electron chi connectivity index (χ1n) is 11.3. The highest BCUT2D eigenvalue weighted by Crippen LogP contribution is 2.34. The summed E-state index contributed by atoms with van der Waals surface area (Å²) in [6.45, 7) is 7.78. The quantitative estimate of drug-likeness (QED) is 0.435. The zero-order valence-electron chi connectivity index (χ0n) is 19.2. The number of hydrogen-bond donors (Lipinski definition) is 1. The van der Waals surface area contributed by atoms with E-state index in [1.807, 2.05) is 60.3 Å². The second-order valence-electron chi connectivity index (χ2n) is 8.36. The van der Waals surface area contributed by atoms with Crippen LogP contribution in [0.25, 0.3) is 11.3 Å². The summed E-state index contributed by atoms with van der Waals surface area (Å²) in [6.07, 6.45) is 2.62. The molecule has 0 radical (unpaired) electrons. The first-order valence-corrected chi connectivity index (χ1v) is 11.3. The molecule has 3 aromatic rings. The number of aromatic nitrogens is 2. The molecule has 0 aliphatic carbocycles. The van der Waals surface area contributed by atoms with Crippen LogP contribution in [0.15, 0.2) is 60.7 Å². The van der Waals surface area contributed by atoms with Gasteiger partial charge in [-0.15, -0.1) is 0 Å². The summed E-state index contributed by atoms with van der Waals surface area (Å²) in [5.41, 5.74) is 3.02. The molecule has 0 saturated carbocycles. The number of para-hydroxylation sites is 1. The lowest BCUT2D eigenvalue weighted by Crippen LogP contribution is -2.37. The highest BCUT2D eigenvalue weighted by Gasteiger charge is 2.24. The molecule has 0 spiro atoms. The molecule has 1 aromatic heterocycles. The molecule has 1 N–H and O–H groups in total. The van der Waals surface area contributed by atoms with Gasteiger partial charge in [-0.05, 0) is 32.4 Å². The van der Waals surface area contributed by atoms with Crippen LogP contribution in [-0.2, 0) is 13.6 Å². The maximum absolute atomic E-state index is 10.6. The Balaban J connectivity index is 1.96. The number of aliphatic hydroxyl groups is 1. The van der Waals surface area contributed by atoms with Crippen LogP contribution in [-0.4, -0.2) is 38.5 Å². The molecule has 0 bridgehead atoms. The second kappa shape index (κ2) is 11.1. The number of nitrogens with zero attached hydrogens (tertiary/aromatic N) is 3. The van der Waals surface area contributed by atoms with Gasteiger partial charge < -0.3 is 9.84 Å². The summed E-state index contributed by atoms with van der Waals surface area (Å²) in [5.74, 6) is 1.52. The molecule has 0 aliphatic heterocycles. The van der Waals surface area contributed by atoms with Crippen molar-refractivity contribution >= 4 is 0 Å². The molecule has 166 valence electrons. The minimum Gasteiger partial charge on any atom is -0.439 e. The zero-order valence-corrected chi connectivity index (χ0v) is 19.2. The fourth-order valence-corrected chi connectivity index (χ4v) is 3.71. The summed E-state index contributed by atoms with van der Waals surface area (Å²) >= 11 is 0. The summed E-state index contributed by atoms with van der Waals surface area (Å²) in [7, 11) is 1.92. The van der Waals surface area contributed by atoms with Gasteiger partial charge in [-0.1, -0.05) is 68.3 Å². The molecular formula is C26H35N3O2. The molecule has 3 rings (SSSR count). The van der Waals surface area contributed by atoms with E-state index in [-0.39, 0.29) is 12.1 Å². The van der Waals surface area contributed by atoms with Crippen molar-refractivity contribution in [3.63, 3.8) is 0 Å². The van der Waals surface area contributed by atoms with E-state index in [1.54, 1.807) is 0 Å². The van der Waals surface area contributed by atoms with Crippen LogP contribution in [0.3, 0.4) is 0 Å². The molecule has 0 aliphatic rings. The largest absolute Gasteiger partial charge is 0.439 e. The van der Waals surface area contributed by atoms with Crippen molar-refractivity contribution in [1.82, 2.24) is 14.7 Å². The van der Waals surface area contributed by atoms with E-state index in [1.165, 1.54) is 0 Å². The highest BCUT2D eigenvalue weighted by atomic mass is 16.5. The Kier molecular flexibility index (Phi) is 8.27. The Morgan fingerprint density at radius 3 is 2.29 bits per heavy atom. The molecule has 0 amide bonds. The Morgan fingerprint density at radius 1 is 1.03 bits per heavy atom. The van der Waals surface area contributed by atoms with Gasteiger partial charge in [-0.3, -0.25) is 4.90 Å². The number of aliphatic hydroxyl groups excluding tert-OH is 1. The molecule has 0 saturated heterocycles. The molecule has 1 heterocycles. The van der Waals surface area contributed by atoms with Crippen LogP contribution >= 0.6 is 0 Å². The molecule has 2 aromatic carbocycles. The van der Waals surface area contributed by atoms with Gasteiger partial charge in [0.1, 0.15) is 11.4 Å². The Morgan fingerprint density at radius 2 is 1.68 bits per heavy atom. The van der Waals surface area contributed by atoms with Gasteiger partial charge in [0.15, 0.2) is 0 Å². The Bertz CT molecular complexity index is 923. The molecule has 31 heavy (non-hydrogen) atoms. The predicted molar refractivity (Wildman–Crippen MR) is 126 cm³/mol. The van der Waals surface area contributed by atoms with Crippen LogP contribution in [0.1, 0.15) is 45.6 Å². The third-order valence-corrected chi connectivity index (χ3v) is 5.52. The number of rotatable bonds is 11. The van der Waals surface area contributed by atoms with Crippen LogP contribution < -0.4 is 4.74 Å². The smallest absolute Gasteiger partial charge is 0.222 e. The SMILES string of the molecule is CCCC[C@@H](O)CN(Cc1c(-c2ccccc2)nn(C)c1Oc1ccccc1)C(C)C. The highest BCUT2D eigenvalue weighted by molar-refractivity contribution is 5.65. The Labute approximate surface area is 186 Å². The topological polar surface area (TPSA) is 50.5 Å². The standard InChI is InChI=1S/C26H35N3O2/c1-5-6-15-22(30)18-29(20(2)3)19-24-25(21-13-9-7-10-14-21)27-28(4)26(24)31-23-16-11-8-12-17-23/h7-14,16-17,20,22,30H,5-6,15,18-19H2,1-4H3/t22-/m1/s1. The third-order valence-electron chi connectivity index (χ3n) is 5.52. The molecule has 1 atom stereocenters. The monoisotopic (exact) mass is 421 g/mol. The predicted octanol–water partition coefficient (Wildman–Crippen LogP) is 5.64. The van der Waals surface area contributed by atoms with Crippen molar-refractivity contribution in [2.75, 3.05) is 6.54 Å². The van der Waals surface area contributed by atoms with E-state index in [9.17, 15) is 5.11 Å². The second-order valence-corrected chi connectivity index (χ2v) is 8.36. The maximum atomic E-state index is 10.6. The number of ether oxygens (including phenoxy) is 1. The van der Waals surface area contributed by atoms with Crippen molar-refractivity contribution in [2.24, 2.45) is 7.05 Å². The molecular weight excluding hydrogens is 386 g/mol. The Hall–Kier alpha value is -2.63. The summed E-state index contributed by atoms with van der Waals surface area (Å²) in [6, 6.07) is 20.3. The van der Waals surface area contributed by atoms with Crippen LogP contribution in [0.4, 0.5) is 0 Å². The van der Waals surface area contributed by atoms with Crippen molar-refractivity contribution < 1.29 is 9.84 Å². The number of unbranched alkanes of at least 4 members (excludes halogenated alkanes) is 1. The summed E-state index contributed by atoms with van der Waals surface area (Å²) < 4.78 is 8.12. The molecule has 0 unspecified atom stereocenters. The fraction of sp³-hybridized carbons (Fsp3) is 0.423. The van der Waals surface area contributed by atoms with E-state index >= 15 is 0 Å². The lowest BCUT2D eigenvalue weighted by atomic mass is 10.1. The van der Waals surface area contributed by atoms with Crippen molar-refractivity contribution in [2.45, 2.75) is 58.7 Å². The van der Waals surface area contributed by atoms with Crippen molar-refractivity contribution in [3.8, 4) is 22.9 Å². The first-order chi connectivity index (χ1) is 15.0. The maximum Gasteiger partial charge on any atom is 0.222 e. The van der Waals surface area contributed by atoms with Crippen LogP contribution in [0, 0.1) is 0 Å². The molecule has 0 fully saturated rings. The average molecular weight is 422 g/mol. The zero-order chi connectivity index (χ0) is 22.2. The van der Waals surface area contributed by atoms with E-state index in [4.69, 9.17) is 9.84 Å². The van der Waals surface area contributed by atoms with Crippen molar-refractivity contribution in [1.29, 1.82) is 0 Å². The van der Waals surface area contributed by atoms with E-state index in [0.717, 1.165) is 47.7 Å². The number of benzene rings is 2. The summed E-state index contributed by atoms with van der Waals surface area (Å²) in [5, 5.41) is 15.4. The normalized spacial score (nSPS) is 12.5. The van der Waals surface area contributed by atoms with Gasteiger partial charge in [-0.25, -0.2) is 4.68 Å². The van der Waals surface area contributed by atoms with E-state index in [0.29, 0.717) is 13.1 Å². The number of hydrogen-bond acceptors (Lipinski definition) is 4. The lowest BCUT2D eigenvalue weighted by Gasteiger charge is -2.29. The van der Waals surface area contributed by atoms with E-state index in [2.05, 4.69) is 37.8 Å². The minimum absolute atomic E-state index is 0.282.